The van der Waals surface area contributed by atoms with Gasteiger partial charge in [-0.25, -0.2) is 0 Å². The van der Waals surface area contributed by atoms with Gasteiger partial charge in [0.15, 0.2) is 0 Å². The summed E-state index contributed by atoms with van der Waals surface area (Å²) in [5, 5.41) is 0. The molecule has 4 aliphatic rings. The van der Waals surface area contributed by atoms with Crippen LogP contribution < -0.4 is 0 Å². The lowest BCUT2D eigenvalue weighted by molar-refractivity contribution is -0.0524. The van der Waals surface area contributed by atoms with Crippen molar-refractivity contribution in [2.45, 2.75) is 69.5 Å². The van der Waals surface area contributed by atoms with Crippen molar-refractivity contribution < 1.29 is 0 Å². The van der Waals surface area contributed by atoms with Gasteiger partial charge in [0.1, 0.15) is 0 Å². The van der Waals surface area contributed by atoms with Crippen LogP contribution >= 0.6 is 27.3 Å². The highest BCUT2D eigenvalue weighted by atomic mass is 79.9. The molecule has 4 saturated carbocycles. The molecule has 1 heterocycles. The van der Waals surface area contributed by atoms with E-state index in [1.165, 1.54) is 43.4 Å². The molecule has 116 valence electrons. The van der Waals surface area contributed by atoms with Crippen LogP contribution in [0.3, 0.4) is 0 Å². The van der Waals surface area contributed by atoms with Gasteiger partial charge in [0, 0.05) is 9.75 Å². The molecule has 0 nitrogen and oxygen atoms in total. The average Bonchev–Trinajstić information content (AvgIpc) is 2.85. The summed E-state index contributed by atoms with van der Waals surface area (Å²) in [7, 11) is 0. The first-order valence-corrected chi connectivity index (χ1v) is 10.3. The summed E-state index contributed by atoms with van der Waals surface area (Å²) >= 11 is 6.21. The number of halogens is 1. The summed E-state index contributed by atoms with van der Waals surface area (Å²) in [5.74, 6) is 3.12. The largest absolute Gasteiger partial charge is 0.144 e. The Bertz CT molecular complexity index is 501. The third-order valence-corrected chi connectivity index (χ3v) is 9.58. The highest BCUT2D eigenvalue weighted by molar-refractivity contribution is 9.09. The van der Waals surface area contributed by atoms with E-state index in [4.69, 9.17) is 0 Å². The standard InChI is InChI=1S/C19H27BrS/c1-18(2,3)16-5-4-15(21-16)17(20)19-9-12-6-13(10-19)8-14(7-12)11-19/h4-5,12-14,17H,6-11H2,1-3H3. The SMILES string of the molecule is CC(C)(C)c1ccc(C(Br)C23CC4CC(CC(C4)C2)C3)s1. The van der Waals surface area contributed by atoms with E-state index >= 15 is 0 Å². The fourth-order valence-electron chi connectivity index (χ4n) is 5.68. The smallest absolute Gasteiger partial charge is 0.0545 e. The Labute approximate surface area is 141 Å². The van der Waals surface area contributed by atoms with Crippen molar-refractivity contribution in [2.75, 3.05) is 0 Å². The number of hydrogen-bond donors (Lipinski definition) is 0. The minimum atomic E-state index is 0.289. The second-order valence-electron chi connectivity index (χ2n) is 9.09. The monoisotopic (exact) mass is 366 g/mol. The van der Waals surface area contributed by atoms with Gasteiger partial charge in [-0.1, -0.05) is 36.7 Å². The zero-order chi connectivity index (χ0) is 14.8. The summed E-state index contributed by atoms with van der Waals surface area (Å²) in [4.78, 5) is 3.72. The molecule has 0 amide bonds. The maximum Gasteiger partial charge on any atom is 0.0545 e. The molecule has 0 saturated heterocycles. The van der Waals surface area contributed by atoms with Gasteiger partial charge in [0.25, 0.3) is 0 Å². The molecule has 0 spiro atoms. The van der Waals surface area contributed by atoms with Crippen LogP contribution in [0, 0.1) is 23.2 Å². The van der Waals surface area contributed by atoms with Crippen molar-refractivity contribution in [2.24, 2.45) is 23.2 Å². The van der Waals surface area contributed by atoms with E-state index in [-0.39, 0.29) is 5.41 Å². The second-order valence-corrected chi connectivity index (χ2v) is 11.1. The summed E-state index contributed by atoms with van der Waals surface area (Å²) < 4.78 is 0. The van der Waals surface area contributed by atoms with Crippen molar-refractivity contribution >= 4 is 27.3 Å². The van der Waals surface area contributed by atoms with E-state index in [1.807, 2.05) is 11.3 Å². The summed E-state index contributed by atoms with van der Waals surface area (Å²) in [6.07, 6.45) is 9.07. The molecule has 2 heteroatoms. The van der Waals surface area contributed by atoms with Gasteiger partial charge in [0.05, 0.1) is 4.83 Å². The summed E-state index contributed by atoms with van der Waals surface area (Å²) in [6.45, 7) is 6.99. The minimum Gasteiger partial charge on any atom is -0.144 e. The lowest BCUT2D eigenvalue weighted by atomic mass is 9.49. The normalized spacial score (nSPS) is 39.7. The molecular weight excluding hydrogens is 340 g/mol. The van der Waals surface area contributed by atoms with Crippen LogP contribution in [0.1, 0.15) is 73.9 Å². The molecule has 5 rings (SSSR count). The average molecular weight is 367 g/mol. The lowest BCUT2D eigenvalue weighted by Crippen LogP contribution is -2.47. The van der Waals surface area contributed by atoms with Gasteiger partial charge in [-0.15, -0.1) is 11.3 Å². The van der Waals surface area contributed by atoms with Gasteiger partial charge in [-0.3, -0.25) is 0 Å². The number of rotatable bonds is 2. The maximum absolute atomic E-state index is 4.16. The van der Waals surface area contributed by atoms with Crippen LogP contribution in [0.25, 0.3) is 0 Å². The van der Waals surface area contributed by atoms with E-state index in [0.717, 1.165) is 17.8 Å². The molecule has 0 aliphatic heterocycles. The molecular formula is C19H27BrS. The Morgan fingerprint density at radius 2 is 1.57 bits per heavy atom. The molecule has 1 aromatic heterocycles. The topological polar surface area (TPSA) is 0 Å². The molecule has 4 fully saturated rings. The zero-order valence-corrected chi connectivity index (χ0v) is 15.9. The molecule has 4 aliphatic carbocycles. The Kier molecular flexibility index (Phi) is 3.40. The predicted octanol–water partition coefficient (Wildman–Crippen LogP) is 6.70. The van der Waals surface area contributed by atoms with Gasteiger partial charge in [-0.2, -0.15) is 0 Å². The first-order valence-electron chi connectivity index (χ1n) is 8.60. The van der Waals surface area contributed by atoms with E-state index in [9.17, 15) is 0 Å². The van der Waals surface area contributed by atoms with E-state index in [0.29, 0.717) is 10.2 Å². The van der Waals surface area contributed by atoms with Crippen LogP contribution in [-0.4, -0.2) is 0 Å². The Balaban J connectivity index is 1.62. The van der Waals surface area contributed by atoms with Gasteiger partial charge >= 0.3 is 0 Å². The van der Waals surface area contributed by atoms with Crippen LogP contribution in [0.5, 0.6) is 0 Å². The molecule has 0 radical (unpaired) electrons. The Morgan fingerprint density at radius 3 is 2.00 bits per heavy atom. The number of alkyl halides is 1. The van der Waals surface area contributed by atoms with Crippen molar-refractivity contribution in [3.63, 3.8) is 0 Å². The second kappa shape index (κ2) is 4.84. The number of thiophene rings is 1. The van der Waals surface area contributed by atoms with Crippen LogP contribution in [0.2, 0.25) is 0 Å². The number of hydrogen-bond acceptors (Lipinski definition) is 1. The molecule has 21 heavy (non-hydrogen) atoms. The van der Waals surface area contributed by atoms with E-state index < -0.39 is 0 Å². The van der Waals surface area contributed by atoms with Crippen LogP contribution in [0.4, 0.5) is 0 Å². The van der Waals surface area contributed by atoms with Gasteiger partial charge in [-0.05, 0) is 79.2 Å². The molecule has 4 bridgehead atoms. The molecule has 1 aromatic rings. The maximum atomic E-state index is 4.16. The highest BCUT2D eigenvalue weighted by Crippen LogP contribution is 2.66. The van der Waals surface area contributed by atoms with Crippen molar-refractivity contribution in [3.05, 3.63) is 21.9 Å². The van der Waals surface area contributed by atoms with E-state index in [2.05, 4.69) is 48.8 Å². The first-order chi connectivity index (χ1) is 9.86. The van der Waals surface area contributed by atoms with Gasteiger partial charge < -0.3 is 0 Å². The molecule has 0 N–H and O–H groups in total. The van der Waals surface area contributed by atoms with Crippen molar-refractivity contribution in [1.29, 1.82) is 0 Å². The fourth-order valence-corrected chi connectivity index (χ4v) is 7.86. The van der Waals surface area contributed by atoms with E-state index in [1.54, 1.807) is 4.88 Å². The Morgan fingerprint density at radius 1 is 1.05 bits per heavy atom. The third-order valence-electron chi connectivity index (χ3n) is 6.24. The van der Waals surface area contributed by atoms with Crippen molar-refractivity contribution in [1.82, 2.24) is 0 Å². The van der Waals surface area contributed by atoms with Crippen LogP contribution in [0.15, 0.2) is 12.1 Å². The summed E-state index contributed by atoms with van der Waals surface area (Å²) in [5.41, 5.74) is 0.867. The third kappa shape index (κ3) is 2.45. The predicted molar refractivity (Wildman–Crippen MR) is 95.3 cm³/mol. The molecule has 0 aromatic carbocycles. The summed E-state index contributed by atoms with van der Waals surface area (Å²) in [6, 6.07) is 4.78. The molecule has 1 atom stereocenters. The Hall–Kier alpha value is 0.180. The fraction of sp³-hybridized carbons (Fsp3) is 0.789. The lowest BCUT2D eigenvalue weighted by Gasteiger charge is -2.58. The van der Waals surface area contributed by atoms with Gasteiger partial charge in [0.2, 0.25) is 0 Å². The highest BCUT2D eigenvalue weighted by Gasteiger charge is 2.54. The minimum absolute atomic E-state index is 0.289. The van der Waals surface area contributed by atoms with Crippen LogP contribution in [-0.2, 0) is 5.41 Å². The quantitative estimate of drug-likeness (QED) is 0.510. The van der Waals surface area contributed by atoms with Crippen molar-refractivity contribution in [3.8, 4) is 0 Å². The molecule has 1 unspecified atom stereocenters. The first kappa shape index (κ1) is 14.8. The zero-order valence-electron chi connectivity index (χ0n) is 13.5.